The minimum Gasteiger partial charge on any atom is -0.323 e. The van der Waals surface area contributed by atoms with Gasteiger partial charge in [0.2, 0.25) is 0 Å². The molecule has 0 heterocycles. The highest BCUT2D eigenvalue weighted by Gasteiger charge is 2.15. The second kappa shape index (κ2) is 7.02. The van der Waals surface area contributed by atoms with Crippen LogP contribution in [0.5, 0.6) is 0 Å². The molecule has 0 radical (unpaired) electrons. The zero-order valence-electron chi connectivity index (χ0n) is 10.8. The molecule has 0 aliphatic carbocycles. The van der Waals surface area contributed by atoms with E-state index in [0.717, 1.165) is 17.2 Å². The molecule has 0 aromatic heterocycles. The molecule has 0 spiro atoms. The topological polar surface area (TPSA) is 26.0 Å². The summed E-state index contributed by atoms with van der Waals surface area (Å²) in [7, 11) is 0. The second-order valence-electron chi connectivity index (χ2n) is 4.84. The van der Waals surface area contributed by atoms with E-state index in [1.165, 1.54) is 18.6 Å². The van der Waals surface area contributed by atoms with Gasteiger partial charge in [-0.2, -0.15) is 11.8 Å². The Hall–Kier alpha value is -0.540. The summed E-state index contributed by atoms with van der Waals surface area (Å²) in [6.45, 7) is 6.59. The Bertz CT molecular complexity index is 323. The molecule has 96 valence electrons. The van der Waals surface area contributed by atoms with E-state index in [9.17, 15) is 4.39 Å². The molecule has 1 nitrogen and oxygen atoms in total. The highest BCUT2D eigenvalue weighted by atomic mass is 32.2. The Labute approximate surface area is 108 Å². The van der Waals surface area contributed by atoms with Crippen LogP contribution in [0.1, 0.15) is 38.8 Å². The fraction of sp³-hybridized carbons (Fsp3) is 0.571. The lowest BCUT2D eigenvalue weighted by molar-refractivity contribution is 0.622. The summed E-state index contributed by atoms with van der Waals surface area (Å²) >= 11 is 1.89. The first kappa shape index (κ1) is 14.5. The van der Waals surface area contributed by atoms with Gasteiger partial charge < -0.3 is 5.73 Å². The van der Waals surface area contributed by atoms with Crippen molar-refractivity contribution in [1.29, 1.82) is 0 Å². The van der Waals surface area contributed by atoms with Crippen molar-refractivity contribution >= 4 is 11.8 Å². The summed E-state index contributed by atoms with van der Waals surface area (Å²) in [6, 6.07) is 6.48. The first-order valence-corrected chi connectivity index (χ1v) is 7.18. The van der Waals surface area contributed by atoms with Gasteiger partial charge in [0.15, 0.2) is 0 Å². The van der Waals surface area contributed by atoms with Crippen LogP contribution in [0, 0.1) is 11.7 Å². The third-order valence-electron chi connectivity index (χ3n) is 2.84. The Balaban J connectivity index is 2.45. The predicted molar refractivity (Wildman–Crippen MR) is 74.7 cm³/mol. The zero-order chi connectivity index (χ0) is 12.8. The van der Waals surface area contributed by atoms with E-state index in [1.54, 1.807) is 12.1 Å². The number of rotatable bonds is 6. The van der Waals surface area contributed by atoms with Crippen molar-refractivity contribution in [3.63, 3.8) is 0 Å². The first-order valence-electron chi connectivity index (χ1n) is 6.13. The van der Waals surface area contributed by atoms with Gasteiger partial charge in [-0.25, -0.2) is 4.39 Å². The normalized spacial score (nSPS) is 14.9. The number of hydrogen-bond acceptors (Lipinski definition) is 2. The van der Waals surface area contributed by atoms with Gasteiger partial charge >= 0.3 is 0 Å². The van der Waals surface area contributed by atoms with Gasteiger partial charge in [0.05, 0.1) is 0 Å². The van der Waals surface area contributed by atoms with E-state index in [-0.39, 0.29) is 11.9 Å². The molecule has 17 heavy (non-hydrogen) atoms. The molecule has 0 saturated carbocycles. The number of halogens is 1. The molecule has 0 saturated heterocycles. The molecule has 0 amide bonds. The molecule has 1 aromatic rings. The lowest BCUT2D eigenvalue weighted by Crippen LogP contribution is -2.21. The van der Waals surface area contributed by atoms with Crippen LogP contribution in [-0.2, 0) is 0 Å². The van der Waals surface area contributed by atoms with Crippen LogP contribution in [0.25, 0.3) is 0 Å². The van der Waals surface area contributed by atoms with Gasteiger partial charge in [0.25, 0.3) is 0 Å². The Morgan fingerprint density at radius 1 is 1.18 bits per heavy atom. The van der Waals surface area contributed by atoms with Gasteiger partial charge in [-0.15, -0.1) is 0 Å². The van der Waals surface area contributed by atoms with Crippen molar-refractivity contribution in [2.75, 3.05) is 5.75 Å². The Morgan fingerprint density at radius 2 is 1.76 bits per heavy atom. The largest absolute Gasteiger partial charge is 0.323 e. The van der Waals surface area contributed by atoms with Gasteiger partial charge in [0.1, 0.15) is 5.82 Å². The number of nitrogens with two attached hydrogens (primary N) is 1. The lowest BCUT2D eigenvalue weighted by atomic mass is 10.1. The fourth-order valence-corrected chi connectivity index (χ4v) is 2.89. The van der Waals surface area contributed by atoms with E-state index in [4.69, 9.17) is 5.73 Å². The van der Waals surface area contributed by atoms with Crippen molar-refractivity contribution < 1.29 is 4.39 Å². The summed E-state index contributed by atoms with van der Waals surface area (Å²) < 4.78 is 12.8. The summed E-state index contributed by atoms with van der Waals surface area (Å²) in [5, 5.41) is 0.360. The smallest absolute Gasteiger partial charge is 0.123 e. The quantitative estimate of drug-likeness (QED) is 0.831. The number of hydrogen-bond donors (Lipinski definition) is 1. The van der Waals surface area contributed by atoms with Gasteiger partial charge in [-0.05, 0) is 35.8 Å². The van der Waals surface area contributed by atoms with Crippen LogP contribution >= 0.6 is 11.8 Å². The monoisotopic (exact) mass is 255 g/mol. The predicted octanol–water partition coefficient (Wildman–Crippen LogP) is 3.99. The fourth-order valence-electron chi connectivity index (χ4n) is 1.55. The van der Waals surface area contributed by atoms with Gasteiger partial charge in [-0.1, -0.05) is 32.9 Å². The summed E-state index contributed by atoms with van der Waals surface area (Å²) in [6.07, 6.45) is 1.21. The average molecular weight is 255 g/mol. The van der Waals surface area contributed by atoms with Crippen molar-refractivity contribution in [3.05, 3.63) is 35.6 Å². The van der Waals surface area contributed by atoms with Crippen molar-refractivity contribution in [2.45, 2.75) is 38.5 Å². The molecule has 1 rings (SSSR count). The Morgan fingerprint density at radius 3 is 2.29 bits per heavy atom. The number of benzene rings is 1. The maximum absolute atomic E-state index is 12.8. The summed E-state index contributed by atoms with van der Waals surface area (Å²) in [4.78, 5) is 0. The van der Waals surface area contributed by atoms with Crippen molar-refractivity contribution in [3.8, 4) is 0 Å². The lowest BCUT2D eigenvalue weighted by Gasteiger charge is -2.20. The van der Waals surface area contributed by atoms with Crippen LogP contribution < -0.4 is 5.73 Å². The molecule has 3 heteroatoms. The third kappa shape index (κ3) is 5.09. The van der Waals surface area contributed by atoms with Crippen LogP contribution in [0.3, 0.4) is 0 Å². The molecule has 1 aromatic carbocycles. The second-order valence-corrected chi connectivity index (χ2v) is 6.32. The molecular weight excluding hydrogens is 233 g/mol. The zero-order valence-corrected chi connectivity index (χ0v) is 11.6. The Kier molecular flexibility index (Phi) is 6.00. The first-order chi connectivity index (χ1) is 8.00. The highest BCUT2D eigenvalue weighted by molar-refractivity contribution is 7.99. The molecule has 0 aliphatic heterocycles. The maximum atomic E-state index is 12.8. The van der Waals surface area contributed by atoms with E-state index in [0.29, 0.717) is 5.25 Å². The van der Waals surface area contributed by atoms with Crippen LogP contribution in [0.15, 0.2) is 24.3 Å². The number of thioether (sulfide) groups is 1. The highest BCUT2D eigenvalue weighted by Crippen LogP contribution is 2.25. The average Bonchev–Trinajstić information content (AvgIpc) is 2.28. The van der Waals surface area contributed by atoms with E-state index in [2.05, 4.69) is 20.8 Å². The van der Waals surface area contributed by atoms with Gasteiger partial charge in [0, 0.05) is 11.3 Å². The minimum atomic E-state index is -0.207. The molecule has 0 aliphatic rings. The molecule has 0 bridgehead atoms. The molecule has 2 atom stereocenters. The van der Waals surface area contributed by atoms with Gasteiger partial charge in [-0.3, -0.25) is 0 Å². The third-order valence-corrected chi connectivity index (χ3v) is 4.13. The maximum Gasteiger partial charge on any atom is 0.123 e. The SMILES string of the molecule is CC(C)CCSC(C)C(N)c1ccc(F)cc1. The van der Waals surface area contributed by atoms with Crippen LogP contribution in [-0.4, -0.2) is 11.0 Å². The van der Waals surface area contributed by atoms with Crippen LogP contribution in [0.4, 0.5) is 4.39 Å². The summed E-state index contributed by atoms with van der Waals surface area (Å²) in [5.41, 5.74) is 7.17. The minimum absolute atomic E-state index is 0.0206. The molecule has 0 fully saturated rings. The molecule has 2 N–H and O–H groups in total. The summed E-state index contributed by atoms with van der Waals surface area (Å²) in [5.74, 6) is 1.66. The van der Waals surface area contributed by atoms with E-state index in [1.807, 2.05) is 11.8 Å². The molecular formula is C14H22FNS. The van der Waals surface area contributed by atoms with Crippen LogP contribution in [0.2, 0.25) is 0 Å². The van der Waals surface area contributed by atoms with Crippen molar-refractivity contribution in [2.24, 2.45) is 11.7 Å². The van der Waals surface area contributed by atoms with E-state index >= 15 is 0 Å². The molecule has 2 unspecified atom stereocenters. The standard InChI is InChI=1S/C14H22FNS/c1-10(2)8-9-17-11(3)14(16)12-4-6-13(15)7-5-12/h4-7,10-11,14H,8-9,16H2,1-3H3. The van der Waals surface area contributed by atoms with E-state index < -0.39 is 0 Å². The van der Waals surface area contributed by atoms with Crippen molar-refractivity contribution in [1.82, 2.24) is 0 Å².